The van der Waals surface area contributed by atoms with Gasteiger partial charge >= 0.3 is 0 Å². The fourth-order valence-electron chi connectivity index (χ4n) is 2.52. The third kappa shape index (κ3) is 6.36. The van der Waals surface area contributed by atoms with Crippen LogP contribution in [0.15, 0.2) is 53.0 Å². The summed E-state index contributed by atoms with van der Waals surface area (Å²) in [5.41, 5.74) is 1.50. The molecule has 0 aliphatic heterocycles. The van der Waals surface area contributed by atoms with Crippen molar-refractivity contribution in [1.82, 2.24) is 10.2 Å². The number of rotatable bonds is 8. The Bertz CT molecular complexity index is 786. The number of hydrogen-bond donors (Lipinski definition) is 1. The number of nitrogens with zero attached hydrogens (tertiary/aromatic N) is 1. The van der Waals surface area contributed by atoms with Gasteiger partial charge in [-0.1, -0.05) is 46.3 Å². The molecular formula is C20H22BrFN2O2S. The van der Waals surface area contributed by atoms with Gasteiger partial charge in [-0.3, -0.25) is 9.59 Å². The summed E-state index contributed by atoms with van der Waals surface area (Å²) in [5.74, 6) is 0.0308. The summed E-state index contributed by atoms with van der Waals surface area (Å²) in [6, 6.07) is 13.5. The van der Waals surface area contributed by atoms with Gasteiger partial charge in [0.25, 0.3) is 0 Å². The first-order valence-electron chi connectivity index (χ1n) is 8.49. The monoisotopic (exact) mass is 452 g/mol. The normalized spacial score (nSPS) is 11.7. The first-order chi connectivity index (χ1) is 12.9. The average Bonchev–Trinajstić information content (AvgIpc) is 2.67. The van der Waals surface area contributed by atoms with E-state index in [1.165, 1.54) is 29.8 Å². The molecule has 2 aromatic rings. The number of hydrogen-bond acceptors (Lipinski definition) is 3. The first-order valence-corrected chi connectivity index (χ1v) is 10.4. The largest absolute Gasteiger partial charge is 0.357 e. The van der Waals surface area contributed by atoms with Gasteiger partial charge < -0.3 is 10.2 Å². The Morgan fingerprint density at radius 2 is 1.85 bits per heavy atom. The van der Waals surface area contributed by atoms with Crippen LogP contribution in [-0.2, 0) is 21.9 Å². The average molecular weight is 453 g/mol. The van der Waals surface area contributed by atoms with Crippen molar-refractivity contribution >= 4 is 39.5 Å². The summed E-state index contributed by atoms with van der Waals surface area (Å²) >= 11 is 4.86. The Morgan fingerprint density at radius 3 is 2.48 bits per heavy atom. The molecule has 2 amide bonds. The third-order valence-corrected chi connectivity index (χ3v) is 5.64. The van der Waals surface area contributed by atoms with Crippen molar-refractivity contribution in [2.24, 2.45) is 0 Å². The maximum absolute atomic E-state index is 14.0. The van der Waals surface area contributed by atoms with E-state index in [0.29, 0.717) is 11.3 Å². The van der Waals surface area contributed by atoms with Gasteiger partial charge in [-0.25, -0.2) is 4.39 Å². The van der Waals surface area contributed by atoms with Crippen molar-refractivity contribution in [2.75, 3.05) is 12.8 Å². The molecule has 0 unspecified atom stereocenters. The zero-order valence-corrected chi connectivity index (χ0v) is 17.6. The molecule has 0 radical (unpaired) electrons. The van der Waals surface area contributed by atoms with Crippen LogP contribution in [0.25, 0.3) is 0 Å². The second kappa shape index (κ2) is 10.5. The maximum Gasteiger partial charge on any atom is 0.242 e. The highest BCUT2D eigenvalue weighted by Crippen LogP contribution is 2.18. The highest BCUT2D eigenvalue weighted by molar-refractivity contribution is 9.10. The summed E-state index contributed by atoms with van der Waals surface area (Å²) in [4.78, 5) is 26.2. The lowest BCUT2D eigenvalue weighted by Gasteiger charge is -2.28. The molecule has 2 aromatic carbocycles. The minimum absolute atomic E-state index is 0.0545. The van der Waals surface area contributed by atoms with Gasteiger partial charge in [-0.15, -0.1) is 11.8 Å². The maximum atomic E-state index is 14.0. The molecule has 2 rings (SSSR count). The molecule has 1 atom stereocenters. The summed E-state index contributed by atoms with van der Waals surface area (Å²) in [6.45, 7) is 1.70. The molecule has 144 valence electrons. The lowest BCUT2D eigenvalue weighted by atomic mass is 10.1. The number of halogens is 2. The van der Waals surface area contributed by atoms with Crippen molar-refractivity contribution in [3.63, 3.8) is 0 Å². The summed E-state index contributed by atoms with van der Waals surface area (Å²) in [6.07, 6.45) is 0. The van der Waals surface area contributed by atoms with Crippen molar-refractivity contribution in [2.45, 2.75) is 25.3 Å². The molecule has 0 bridgehead atoms. The number of thioether (sulfide) groups is 1. The zero-order chi connectivity index (χ0) is 19.8. The minimum atomic E-state index is -0.685. The van der Waals surface area contributed by atoms with E-state index in [2.05, 4.69) is 21.2 Å². The van der Waals surface area contributed by atoms with Crippen LogP contribution in [-0.4, -0.2) is 35.6 Å². The SMILES string of the molecule is CNC(=O)[C@@H](C)N(Cc1ccccc1F)C(=O)CSCc1ccc(Br)cc1. The molecule has 1 N–H and O–H groups in total. The zero-order valence-electron chi connectivity index (χ0n) is 15.2. The molecular weight excluding hydrogens is 431 g/mol. The Kier molecular flexibility index (Phi) is 8.31. The van der Waals surface area contributed by atoms with Gasteiger partial charge in [0, 0.05) is 29.4 Å². The van der Waals surface area contributed by atoms with E-state index in [4.69, 9.17) is 0 Å². The van der Waals surface area contributed by atoms with Crippen LogP contribution >= 0.6 is 27.7 Å². The van der Waals surface area contributed by atoms with E-state index >= 15 is 0 Å². The lowest BCUT2D eigenvalue weighted by molar-refractivity contribution is -0.138. The van der Waals surface area contributed by atoms with Crippen LogP contribution in [0.1, 0.15) is 18.1 Å². The smallest absolute Gasteiger partial charge is 0.242 e. The lowest BCUT2D eigenvalue weighted by Crippen LogP contribution is -2.47. The number of amides is 2. The van der Waals surface area contributed by atoms with Crippen LogP contribution in [0.3, 0.4) is 0 Å². The van der Waals surface area contributed by atoms with Crippen LogP contribution in [0.2, 0.25) is 0 Å². The van der Waals surface area contributed by atoms with Gasteiger partial charge in [0.2, 0.25) is 11.8 Å². The molecule has 4 nitrogen and oxygen atoms in total. The van der Waals surface area contributed by atoms with E-state index in [9.17, 15) is 14.0 Å². The van der Waals surface area contributed by atoms with E-state index in [0.717, 1.165) is 10.0 Å². The van der Waals surface area contributed by atoms with Crippen LogP contribution in [0.4, 0.5) is 4.39 Å². The van der Waals surface area contributed by atoms with E-state index < -0.39 is 6.04 Å². The Hall–Kier alpha value is -1.86. The van der Waals surface area contributed by atoms with E-state index in [1.54, 1.807) is 25.1 Å². The summed E-state index contributed by atoms with van der Waals surface area (Å²) < 4.78 is 15.0. The van der Waals surface area contributed by atoms with Crippen molar-refractivity contribution < 1.29 is 14.0 Å². The number of nitrogens with one attached hydrogen (secondary N) is 1. The molecule has 0 saturated carbocycles. The third-order valence-electron chi connectivity index (χ3n) is 4.12. The standard InChI is InChI=1S/C20H22BrFN2O2S/c1-14(20(26)23-2)24(11-16-5-3-4-6-18(16)22)19(25)13-27-12-15-7-9-17(21)10-8-15/h3-10,14H,11-13H2,1-2H3,(H,23,26)/t14-/m1/s1. The predicted octanol–water partition coefficient (Wildman–Crippen LogP) is 3.98. The highest BCUT2D eigenvalue weighted by Gasteiger charge is 2.26. The van der Waals surface area contributed by atoms with Crippen molar-refractivity contribution in [3.8, 4) is 0 Å². The Morgan fingerprint density at radius 1 is 1.19 bits per heavy atom. The first kappa shape index (κ1) is 21.4. The van der Waals surface area contributed by atoms with Crippen LogP contribution < -0.4 is 5.32 Å². The molecule has 0 aromatic heterocycles. The van der Waals surface area contributed by atoms with E-state index in [1.807, 2.05) is 24.3 Å². The molecule has 0 spiro atoms. The van der Waals surface area contributed by atoms with Crippen LogP contribution in [0, 0.1) is 5.82 Å². The summed E-state index contributed by atoms with van der Waals surface area (Å²) in [5, 5.41) is 2.55. The quantitative estimate of drug-likeness (QED) is 0.658. The van der Waals surface area contributed by atoms with E-state index in [-0.39, 0.29) is 29.9 Å². The molecule has 0 aliphatic carbocycles. The molecule has 0 fully saturated rings. The van der Waals surface area contributed by atoms with Crippen LogP contribution in [0.5, 0.6) is 0 Å². The summed E-state index contributed by atoms with van der Waals surface area (Å²) in [7, 11) is 1.52. The fourth-order valence-corrected chi connectivity index (χ4v) is 3.66. The highest BCUT2D eigenvalue weighted by atomic mass is 79.9. The molecule has 0 heterocycles. The predicted molar refractivity (Wildman–Crippen MR) is 111 cm³/mol. The molecule has 27 heavy (non-hydrogen) atoms. The van der Waals surface area contributed by atoms with Gasteiger partial charge in [-0.05, 0) is 30.7 Å². The Balaban J connectivity index is 2.04. The Labute approximate surface area is 171 Å². The van der Waals surface area contributed by atoms with Gasteiger partial charge in [0.15, 0.2) is 0 Å². The van der Waals surface area contributed by atoms with Crippen molar-refractivity contribution in [1.29, 1.82) is 0 Å². The topological polar surface area (TPSA) is 49.4 Å². The molecule has 0 aliphatic rings. The number of likely N-dealkylation sites (N-methyl/N-ethyl adjacent to an activating group) is 1. The number of carbonyl (C=O) groups excluding carboxylic acids is 2. The second-order valence-corrected chi connectivity index (χ2v) is 7.92. The van der Waals surface area contributed by atoms with Crippen molar-refractivity contribution in [3.05, 3.63) is 69.9 Å². The molecule has 0 saturated heterocycles. The number of benzene rings is 2. The number of carbonyl (C=O) groups is 2. The van der Waals surface area contributed by atoms with Gasteiger partial charge in [0.05, 0.1) is 5.75 Å². The second-order valence-electron chi connectivity index (χ2n) is 6.02. The minimum Gasteiger partial charge on any atom is -0.357 e. The molecule has 7 heteroatoms. The van der Waals surface area contributed by atoms with Gasteiger partial charge in [0.1, 0.15) is 11.9 Å². The van der Waals surface area contributed by atoms with Gasteiger partial charge in [-0.2, -0.15) is 0 Å². The fraction of sp³-hybridized carbons (Fsp3) is 0.300.